The molecule has 0 saturated heterocycles. The molecule has 9 heteroatoms. The van der Waals surface area contributed by atoms with Gasteiger partial charge in [0.15, 0.2) is 11.9 Å². The van der Waals surface area contributed by atoms with Gasteiger partial charge in [0.05, 0.1) is 10.0 Å². The van der Waals surface area contributed by atoms with Gasteiger partial charge in [0.2, 0.25) is 0 Å². The number of aliphatic carboxylic acids is 1. The molecule has 0 amide bonds. The van der Waals surface area contributed by atoms with Crippen LogP contribution in [0.25, 0.3) is 0 Å². The Bertz CT molecular complexity index is 458. The van der Waals surface area contributed by atoms with E-state index in [0.29, 0.717) is 10.0 Å². The monoisotopic (exact) mass is 393 g/mol. The SMILES string of the molecule is CC(=O)O.CCCCCC.Clc1ccccc1Cl.N=C(N)NC(=N)N. The predicted octanol–water partition coefficient (Wildman–Crippen LogP) is 4.03. The summed E-state index contributed by atoms with van der Waals surface area (Å²) in [5, 5.41) is 23.6. The number of carbonyl (C=O) groups is 1. The molecule has 1 aromatic carbocycles. The Labute approximate surface area is 159 Å². The first kappa shape index (κ1) is 27.8. The lowest BCUT2D eigenvalue weighted by Crippen LogP contribution is -2.39. The molecule has 0 saturated carbocycles. The van der Waals surface area contributed by atoms with E-state index in [1.165, 1.54) is 25.7 Å². The van der Waals surface area contributed by atoms with Crippen LogP contribution in [0.15, 0.2) is 24.3 Å². The molecule has 0 spiro atoms. The highest BCUT2D eigenvalue weighted by atomic mass is 35.5. The smallest absolute Gasteiger partial charge is 0.300 e. The van der Waals surface area contributed by atoms with Crippen molar-refractivity contribution in [1.82, 2.24) is 5.32 Å². The lowest BCUT2D eigenvalue weighted by molar-refractivity contribution is -0.134. The lowest BCUT2D eigenvalue weighted by atomic mass is 10.2. The Balaban J connectivity index is -0.000000266. The molecule has 0 unspecified atom stereocenters. The number of guanidine groups is 2. The zero-order valence-electron chi connectivity index (χ0n) is 14.9. The molecule has 7 nitrogen and oxygen atoms in total. The minimum atomic E-state index is -0.833. The van der Waals surface area contributed by atoms with Crippen LogP contribution < -0.4 is 16.8 Å². The first-order valence-electron chi connectivity index (χ1n) is 7.62. The molecule has 0 radical (unpaired) electrons. The van der Waals surface area contributed by atoms with E-state index in [0.717, 1.165) is 6.92 Å². The van der Waals surface area contributed by atoms with Gasteiger partial charge in [-0.2, -0.15) is 0 Å². The molecule has 25 heavy (non-hydrogen) atoms. The van der Waals surface area contributed by atoms with Crippen molar-refractivity contribution in [3.05, 3.63) is 34.3 Å². The van der Waals surface area contributed by atoms with Crippen molar-refractivity contribution in [3.8, 4) is 0 Å². The molecule has 0 bridgehead atoms. The summed E-state index contributed by atoms with van der Waals surface area (Å²) in [6.07, 6.45) is 5.54. The first-order valence-corrected chi connectivity index (χ1v) is 8.38. The van der Waals surface area contributed by atoms with E-state index >= 15 is 0 Å². The van der Waals surface area contributed by atoms with Crippen molar-refractivity contribution in [1.29, 1.82) is 10.8 Å². The molecular weight excluding hydrogens is 365 g/mol. The van der Waals surface area contributed by atoms with E-state index in [-0.39, 0.29) is 11.9 Å². The third kappa shape index (κ3) is 34.4. The number of hydrogen-bond acceptors (Lipinski definition) is 3. The average molecular weight is 394 g/mol. The van der Waals surface area contributed by atoms with Crippen LogP contribution in [0.1, 0.15) is 46.5 Å². The van der Waals surface area contributed by atoms with Crippen molar-refractivity contribution < 1.29 is 9.90 Å². The van der Waals surface area contributed by atoms with E-state index in [9.17, 15) is 0 Å². The third-order valence-corrected chi connectivity index (χ3v) is 2.81. The summed E-state index contributed by atoms with van der Waals surface area (Å²) in [5.74, 6) is -1.46. The zero-order chi connectivity index (χ0) is 20.3. The summed E-state index contributed by atoms with van der Waals surface area (Å²) in [7, 11) is 0. The second kappa shape index (κ2) is 20.1. The molecule has 0 heterocycles. The first-order chi connectivity index (χ1) is 11.6. The zero-order valence-corrected chi connectivity index (χ0v) is 16.4. The maximum Gasteiger partial charge on any atom is 0.300 e. The molecule has 0 aliphatic carbocycles. The van der Waals surface area contributed by atoms with Gasteiger partial charge in [-0.15, -0.1) is 0 Å². The summed E-state index contributed by atoms with van der Waals surface area (Å²) in [6, 6.07) is 7.19. The minimum Gasteiger partial charge on any atom is -0.481 e. The molecule has 144 valence electrons. The number of carboxylic acids is 1. The molecular formula is C16H29Cl2N5O2. The number of unbranched alkanes of at least 4 members (excludes halogenated alkanes) is 3. The highest BCUT2D eigenvalue weighted by molar-refractivity contribution is 6.41. The fraction of sp³-hybridized carbons (Fsp3) is 0.438. The third-order valence-electron chi connectivity index (χ3n) is 2.05. The molecule has 0 atom stereocenters. The Kier molecular flexibility index (Phi) is 22.3. The van der Waals surface area contributed by atoms with E-state index in [4.69, 9.17) is 55.4 Å². The Hall–Kier alpha value is -1.99. The normalized spacial score (nSPS) is 8.20. The van der Waals surface area contributed by atoms with Crippen molar-refractivity contribution in [3.63, 3.8) is 0 Å². The van der Waals surface area contributed by atoms with Crippen LogP contribution in [0.3, 0.4) is 0 Å². The van der Waals surface area contributed by atoms with Crippen LogP contribution in [0.5, 0.6) is 0 Å². The number of halogens is 2. The van der Waals surface area contributed by atoms with Gasteiger partial charge in [-0.3, -0.25) is 20.9 Å². The van der Waals surface area contributed by atoms with Crippen LogP contribution in [-0.2, 0) is 4.79 Å². The number of nitrogens with two attached hydrogens (primary N) is 2. The fourth-order valence-electron chi connectivity index (χ4n) is 1.08. The minimum absolute atomic E-state index is 0.312. The summed E-state index contributed by atoms with van der Waals surface area (Å²) in [6.45, 7) is 5.55. The molecule has 0 aromatic heterocycles. The number of carboxylic acid groups (broad SMARTS) is 1. The van der Waals surface area contributed by atoms with E-state index in [1.807, 2.05) is 17.4 Å². The Morgan fingerprint density at radius 1 is 1.04 bits per heavy atom. The van der Waals surface area contributed by atoms with Gasteiger partial charge in [0, 0.05) is 6.92 Å². The van der Waals surface area contributed by atoms with Gasteiger partial charge < -0.3 is 16.6 Å². The molecule has 8 N–H and O–H groups in total. The second-order valence-electron chi connectivity index (χ2n) is 4.59. The van der Waals surface area contributed by atoms with Crippen LogP contribution >= 0.6 is 23.2 Å². The molecule has 1 rings (SSSR count). The van der Waals surface area contributed by atoms with Crippen LogP contribution in [-0.4, -0.2) is 23.0 Å². The van der Waals surface area contributed by atoms with E-state index in [1.54, 1.807) is 12.1 Å². The van der Waals surface area contributed by atoms with Gasteiger partial charge in [0.25, 0.3) is 5.97 Å². The van der Waals surface area contributed by atoms with Crippen LogP contribution in [0, 0.1) is 10.8 Å². The summed E-state index contributed by atoms with van der Waals surface area (Å²) in [4.78, 5) is 9.00. The van der Waals surface area contributed by atoms with E-state index < -0.39 is 5.97 Å². The van der Waals surface area contributed by atoms with Crippen LogP contribution in [0.4, 0.5) is 0 Å². The maximum absolute atomic E-state index is 9.00. The van der Waals surface area contributed by atoms with Gasteiger partial charge >= 0.3 is 0 Å². The van der Waals surface area contributed by atoms with Gasteiger partial charge in [0.1, 0.15) is 0 Å². The fourth-order valence-corrected chi connectivity index (χ4v) is 1.36. The van der Waals surface area contributed by atoms with E-state index in [2.05, 4.69) is 13.8 Å². The van der Waals surface area contributed by atoms with Gasteiger partial charge in [-0.05, 0) is 12.1 Å². The summed E-state index contributed by atoms with van der Waals surface area (Å²) in [5.41, 5.74) is 9.49. The standard InChI is InChI=1S/C6H4Cl2.C6H14.C2H7N5.C2H4O2/c7-5-3-1-2-4-6(5)8;1-3-5-6-4-2;3-1(4)7-2(5)6;1-2(3)4/h1-4H;3-6H2,1-2H3;(H7,3,4,5,6,7);1H3,(H,3,4). The summed E-state index contributed by atoms with van der Waals surface area (Å²) >= 11 is 11.2. The highest BCUT2D eigenvalue weighted by Crippen LogP contribution is 2.19. The van der Waals surface area contributed by atoms with Crippen molar-refractivity contribution >= 4 is 41.1 Å². The van der Waals surface area contributed by atoms with Crippen molar-refractivity contribution in [2.45, 2.75) is 46.5 Å². The molecule has 0 aliphatic heterocycles. The quantitative estimate of drug-likeness (QED) is 0.260. The molecule has 1 aromatic rings. The maximum atomic E-state index is 9.00. The second-order valence-corrected chi connectivity index (χ2v) is 5.41. The Morgan fingerprint density at radius 3 is 1.44 bits per heavy atom. The largest absolute Gasteiger partial charge is 0.481 e. The van der Waals surface area contributed by atoms with Crippen molar-refractivity contribution in [2.24, 2.45) is 11.5 Å². The van der Waals surface area contributed by atoms with Crippen LogP contribution in [0.2, 0.25) is 10.0 Å². The van der Waals surface area contributed by atoms with Gasteiger partial charge in [-0.25, -0.2) is 0 Å². The number of benzene rings is 1. The lowest BCUT2D eigenvalue weighted by Gasteiger charge is -1.95. The molecule has 0 aliphatic rings. The predicted molar refractivity (Wildman–Crippen MR) is 107 cm³/mol. The van der Waals surface area contributed by atoms with Gasteiger partial charge in [-0.1, -0.05) is 74.9 Å². The number of hydrogen-bond donors (Lipinski definition) is 6. The Morgan fingerprint density at radius 2 is 1.32 bits per heavy atom. The summed E-state index contributed by atoms with van der Waals surface area (Å²) < 4.78 is 0. The number of nitrogens with one attached hydrogen (secondary N) is 3. The highest BCUT2D eigenvalue weighted by Gasteiger charge is 1.89. The molecule has 0 fully saturated rings. The topological polar surface area (TPSA) is 149 Å². The average Bonchev–Trinajstić information content (AvgIpc) is 2.47. The number of rotatable bonds is 3. The van der Waals surface area contributed by atoms with Crippen molar-refractivity contribution in [2.75, 3.05) is 0 Å².